The van der Waals surface area contributed by atoms with Crippen LogP contribution in [0, 0.1) is 11.6 Å². The van der Waals surface area contributed by atoms with Crippen LogP contribution in [-0.4, -0.2) is 25.8 Å². The molecule has 7 heteroatoms. The van der Waals surface area contributed by atoms with Gasteiger partial charge in [0.15, 0.2) is 0 Å². The smallest absolute Gasteiger partial charge is 0.319 e. The summed E-state index contributed by atoms with van der Waals surface area (Å²) >= 11 is 0. The Morgan fingerprint density at radius 3 is 2.17 bits per heavy atom. The second-order valence-corrected chi connectivity index (χ2v) is 4.73. The van der Waals surface area contributed by atoms with Crippen molar-refractivity contribution in [3.63, 3.8) is 0 Å². The number of hydrogen-bond acceptors (Lipinski definition) is 3. The Morgan fingerprint density at radius 1 is 1.00 bits per heavy atom. The summed E-state index contributed by atoms with van der Waals surface area (Å²) in [7, 11) is 0. The lowest BCUT2D eigenvalue weighted by Crippen LogP contribution is -2.32. The molecule has 0 aromatic heterocycles. The number of amides is 2. The standard InChI is InChI=1S/C17H18F2N2O3/c1-2-23-12-6-8-13(9-7-12)24-11-10-20-17(22)21-16-14(18)4-3-5-15(16)19/h3-9H,2,10-11H2,1H3,(H2,20,21,22). The fourth-order valence-corrected chi connectivity index (χ4v) is 1.91. The molecule has 2 N–H and O–H groups in total. The molecule has 128 valence electrons. The molecule has 2 rings (SSSR count). The van der Waals surface area contributed by atoms with Crippen molar-refractivity contribution in [1.29, 1.82) is 0 Å². The molecule has 0 radical (unpaired) electrons. The van der Waals surface area contributed by atoms with E-state index in [0.717, 1.165) is 17.9 Å². The summed E-state index contributed by atoms with van der Waals surface area (Å²) in [6, 6.07) is 9.69. The highest BCUT2D eigenvalue weighted by atomic mass is 19.1. The van der Waals surface area contributed by atoms with Crippen LogP contribution in [0.15, 0.2) is 42.5 Å². The second-order valence-electron chi connectivity index (χ2n) is 4.73. The van der Waals surface area contributed by atoms with Crippen molar-refractivity contribution in [2.24, 2.45) is 0 Å². The minimum absolute atomic E-state index is 0.176. The van der Waals surface area contributed by atoms with Crippen molar-refractivity contribution in [3.05, 3.63) is 54.1 Å². The molecule has 0 aliphatic carbocycles. The summed E-state index contributed by atoms with van der Waals surface area (Å²) in [5, 5.41) is 4.58. The second kappa shape index (κ2) is 8.71. The van der Waals surface area contributed by atoms with E-state index in [9.17, 15) is 13.6 Å². The van der Waals surface area contributed by atoms with Crippen molar-refractivity contribution in [2.75, 3.05) is 25.1 Å². The number of para-hydroxylation sites is 1. The van der Waals surface area contributed by atoms with Crippen LogP contribution < -0.4 is 20.1 Å². The van der Waals surface area contributed by atoms with Gasteiger partial charge in [0, 0.05) is 0 Å². The van der Waals surface area contributed by atoms with E-state index in [1.807, 2.05) is 6.92 Å². The van der Waals surface area contributed by atoms with Gasteiger partial charge in [-0.25, -0.2) is 13.6 Å². The van der Waals surface area contributed by atoms with Crippen LogP contribution in [-0.2, 0) is 0 Å². The number of ether oxygens (including phenoxy) is 2. The van der Waals surface area contributed by atoms with Crippen LogP contribution in [0.3, 0.4) is 0 Å². The Kier molecular flexibility index (Phi) is 6.36. The minimum Gasteiger partial charge on any atom is -0.494 e. The van der Waals surface area contributed by atoms with E-state index < -0.39 is 23.4 Å². The summed E-state index contributed by atoms with van der Waals surface area (Å²) in [5.74, 6) is -0.304. The highest BCUT2D eigenvalue weighted by molar-refractivity contribution is 5.89. The Balaban J connectivity index is 1.73. The Morgan fingerprint density at radius 2 is 1.58 bits per heavy atom. The number of carbonyl (C=O) groups excluding carboxylic acids is 1. The number of anilines is 1. The average molecular weight is 336 g/mol. The summed E-state index contributed by atoms with van der Waals surface area (Å²) in [6.07, 6.45) is 0. The predicted octanol–water partition coefficient (Wildman–Crippen LogP) is 3.56. The molecule has 0 bridgehead atoms. The molecule has 5 nitrogen and oxygen atoms in total. The van der Waals surface area contributed by atoms with Crippen LogP contribution in [0.5, 0.6) is 11.5 Å². The maximum atomic E-state index is 13.4. The highest BCUT2D eigenvalue weighted by Gasteiger charge is 2.11. The molecule has 0 saturated heterocycles. The Bertz CT molecular complexity index is 658. The molecule has 0 fully saturated rings. The number of hydrogen-bond donors (Lipinski definition) is 2. The van der Waals surface area contributed by atoms with Gasteiger partial charge in [0.1, 0.15) is 35.4 Å². The molecule has 24 heavy (non-hydrogen) atoms. The first-order chi connectivity index (χ1) is 11.6. The molecule has 0 spiro atoms. The number of nitrogens with one attached hydrogen (secondary N) is 2. The highest BCUT2D eigenvalue weighted by Crippen LogP contribution is 2.18. The fraction of sp³-hybridized carbons (Fsp3) is 0.235. The van der Waals surface area contributed by atoms with Crippen LogP contribution >= 0.6 is 0 Å². The summed E-state index contributed by atoms with van der Waals surface area (Å²) < 4.78 is 37.5. The van der Waals surface area contributed by atoms with Gasteiger partial charge in [-0.1, -0.05) is 6.07 Å². The minimum atomic E-state index is -0.837. The van der Waals surface area contributed by atoms with E-state index in [1.54, 1.807) is 24.3 Å². The first-order valence-corrected chi connectivity index (χ1v) is 7.44. The van der Waals surface area contributed by atoms with Gasteiger partial charge >= 0.3 is 6.03 Å². The number of urea groups is 1. The normalized spacial score (nSPS) is 10.1. The van der Waals surface area contributed by atoms with Crippen molar-refractivity contribution in [1.82, 2.24) is 5.32 Å². The number of benzene rings is 2. The molecule has 0 aliphatic heterocycles. The maximum absolute atomic E-state index is 13.4. The van der Waals surface area contributed by atoms with Crippen molar-refractivity contribution < 1.29 is 23.0 Å². The summed E-state index contributed by atoms with van der Waals surface area (Å²) in [5.41, 5.74) is -0.484. The fourth-order valence-electron chi connectivity index (χ4n) is 1.91. The van der Waals surface area contributed by atoms with Crippen LogP contribution in [0.25, 0.3) is 0 Å². The Labute approximate surface area is 138 Å². The predicted molar refractivity (Wildman–Crippen MR) is 86.5 cm³/mol. The molecule has 0 atom stereocenters. The van der Waals surface area contributed by atoms with E-state index >= 15 is 0 Å². The number of halogens is 2. The molecular weight excluding hydrogens is 318 g/mol. The first-order valence-electron chi connectivity index (χ1n) is 7.44. The van der Waals surface area contributed by atoms with Gasteiger partial charge in [-0.15, -0.1) is 0 Å². The van der Waals surface area contributed by atoms with E-state index in [0.29, 0.717) is 12.4 Å². The molecule has 2 amide bonds. The third-order valence-corrected chi connectivity index (χ3v) is 2.99. The molecular formula is C17H18F2N2O3. The van der Waals surface area contributed by atoms with Crippen molar-refractivity contribution in [2.45, 2.75) is 6.92 Å². The van der Waals surface area contributed by atoms with Gasteiger partial charge in [-0.3, -0.25) is 0 Å². The van der Waals surface area contributed by atoms with Gasteiger partial charge in [0.2, 0.25) is 0 Å². The molecule has 2 aromatic carbocycles. The van der Waals surface area contributed by atoms with E-state index in [2.05, 4.69) is 10.6 Å². The first kappa shape index (κ1) is 17.5. The monoisotopic (exact) mass is 336 g/mol. The quantitative estimate of drug-likeness (QED) is 0.760. The van der Waals surface area contributed by atoms with Crippen molar-refractivity contribution >= 4 is 11.7 Å². The maximum Gasteiger partial charge on any atom is 0.319 e. The average Bonchev–Trinajstić information content (AvgIpc) is 2.57. The lowest BCUT2D eigenvalue weighted by molar-refractivity contribution is 0.247. The number of carbonyl (C=O) groups is 1. The topological polar surface area (TPSA) is 59.6 Å². The van der Waals surface area contributed by atoms with Crippen molar-refractivity contribution in [3.8, 4) is 11.5 Å². The molecule has 0 heterocycles. The molecule has 0 unspecified atom stereocenters. The lowest BCUT2D eigenvalue weighted by atomic mass is 10.3. The third kappa shape index (κ3) is 5.12. The van der Waals surface area contributed by atoms with Gasteiger partial charge in [-0.2, -0.15) is 0 Å². The van der Waals surface area contributed by atoms with Gasteiger partial charge in [-0.05, 0) is 43.3 Å². The number of rotatable bonds is 7. The van der Waals surface area contributed by atoms with Gasteiger partial charge in [0.05, 0.1) is 13.2 Å². The van der Waals surface area contributed by atoms with Gasteiger partial charge < -0.3 is 20.1 Å². The lowest BCUT2D eigenvalue weighted by Gasteiger charge is -2.10. The Hall–Kier alpha value is -2.83. The molecule has 2 aromatic rings. The van der Waals surface area contributed by atoms with Crippen LogP contribution in [0.1, 0.15) is 6.92 Å². The summed E-state index contributed by atoms with van der Waals surface area (Å²) in [4.78, 5) is 11.6. The van der Waals surface area contributed by atoms with Crippen LogP contribution in [0.2, 0.25) is 0 Å². The van der Waals surface area contributed by atoms with E-state index in [4.69, 9.17) is 9.47 Å². The largest absolute Gasteiger partial charge is 0.494 e. The zero-order valence-electron chi connectivity index (χ0n) is 13.1. The summed E-state index contributed by atoms with van der Waals surface area (Å²) in [6.45, 7) is 2.87. The van der Waals surface area contributed by atoms with E-state index in [1.165, 1.54) is 6.07 Å². The molecule has 0 aliphatic rings. The van der Waals surface area contributed by atoms with E-state index in [-0.39, 0.29) is 13.2 Å². The van der Waals surface area contributed by atoms with Crippen LogP contribution in [0.4, 0.5) is 19.3 Å². The SMILES string of the molecule is CCOc1ccc(OCCNC(=O)Nc2c(F)cccc2F)cc1. The van der Waals surface area contributed by atoms with Gasteiger partial charge in [0.25, 0.3) is 0 Å². The zero-order valence-corrected chi connectivity index (χ0v) is 13.1. The molecule has 0 saturated carbocycles. The third-order valence-electron chi connectivity index (χ3n) is 2.99. The zero-order chi connectivity index (χ0) is 17.4.